The Balaban J connectivity index is 1.67. The van der Waals surface area contributed by atoms with Crippen LogP contribution in [0.15, 0.2) is 41.2 Å². The van der Waals surface area contributed by atoms with Gasteiger partial charge in [0.1, 0.15) is 10.7 Å². The fraction of sp³-hybridized carbons (Fsp3) is 0.278. The highest BCUT2D eigenvalue weighted by Gasteiger charge is 2.11. The Hall–Kier alpha value is -2.16. The number of nitrogens with zero attached hydrogens (tertiary/aromatic N) is 1. The number of hydrogen-bond acceptors (Lipinski definition) is 6. The van der Waals surface area contributed by atoms with E-state index in [4.69, 9.17) is 4.74 Å². The van der Waals surface area contributed by atoms with Gasteiger partial charge in [0.25, 0.3) is 5.56 Å². The first-order valence-electron chi connectivity index (χ1n) is 8.09. The molecular formula is C18H19N3O3S2. The lowest BCUT2D eigenvalue weighted by molar-refractivity contribution is -0.118. The first kappa shape index (κ1) is 18.6. The minimum Gasteiger partial charge on any atom is -0.383 e. The van der Waals surface area contributed by atoms with E-state index in [-0.39, 0.29) is 11.5 Å². The number of amides is 1. The van der Waals surface area contributed by atoms with Gasteiger partial charge in [-0.3, -0.25) is 9.59 Å². The van der Waals surface area contributed by atoms with Crippen molar-refractivity contribution in [3.05, 3.63) is 52.6 Å². The lowest BCUT2D eigenvalue weighted by atomic mass is 10.2. The zero-order valence-electron chi connectivity index (χ0n) is 14.3. The summed E-state index contributed by atoms with van der Waals surface area (Å²) in [5, 5.41) is 3.35. The second-order valence-corrected chi connectivity index (χ2v) is 7.56. The first-order chi connectivity index (χ1) is 12.7. The highest BCUT2D eigenvalue weighted by molar-refractivity contribution is 7.99. The van der Waals surface area contributed by atoms with Crippen LogP contribution in [0.25, 0.3) is 20.7 Å². The molecule has 2 aromatic heterocycles. The molecule has 26 heavy (non-hydrogen) atoms. The van der Waals surface area contributed by atoms with Gasteiger partial charge in [-0.15, -0.1) is 23.1 Å². The van der Waals surface area contributed by atoms with E-state index in [1.807, 2.05) is 36.4 Å². The van der Waals surface area contributed by atoms with E-state index in [2.05, 4.69) is 15.3 Å². The fourth-order valence-electron chi connectivity index (χ4n) is 2.37. The number of hydrogen-bond donors (Lipinski definition) is 2. The van der Waals surface area contributed by atoms with Crippen molar-refractivity contribution in [2.24, 2.45) is 0 Å². The summed E-state index contributed by atoms with van der Waals surface area (Å²) < 4.78 is 4.88. The molecule has 0 aliphatic carbocycles. The summed E-state index contributed by atoms with van der Waals surface area (Å²) in [7, 11) is 1.59. The quantitative estimate of drug-likeness (QED) is 0.579. The normalized spacial score (nSPS) is 11.0. The van der Waals surface area contributed by atoms with Crippen LogP contribution in [0.2, 0.25) is 0 Å². The van der Waals surface area contributed by atoms with Gasteiger partial charge in [0, 0.05) is 18.5 Å². The maximum atomic E-state index is 12.3. The second kappa shape index (κ2) is 8.98. The number of fused-ring (bicyclic) bond motifs is 1. The molecule has 0 saturated carbocycles. The molecule has 136 valence electrons. The Morgan fingerprint density at radius 3 is 2.92 bits per heavy atom. The zero-order chi connectivity index (χ0) is 18.4. The third-order valence-electron chi connectivity index (χ3n) is 3.61. The number of thiophene rings is 1. The summed E-state index contributed by atoms with van der Waals surface area (Å²) >= 11 is 2.91. The molecule has 3 rings (SSSR count). The minimum atomic E-state index is -0.145. The number of aromatic amines is 1. The summed E-state index contributed by atoms with van der Waals surface area (Å²) in [6.45, 7) is 0.985. The molecule has 2 N–H and O–H groups in total. The first-order valence-corrected chi connectivity index (χ1v) is 10.1. The smallest absolute Gasteiger partial charge is 0.259 e. The van der Waals surface area contributed by atoms with E-state index in [0.29, 0.717) is 40.7 Å². The Kier molecular flexibility index (Phi) is 6.43. The summed E-state index contributed by atoms with van der Waals surface area (Å²) in [6, 6.07) is 11.8. The highest BCUT2D eigenvalue weighted by Crippen LogP contribution is 2.30. The van der Waals surface area contributed by atoms with Crippen LogP contribution in [0.3, 0.4) is 0 Å². The molecule has 0 atom stereocenters. The monoisotopic (exact) mass is 389 g/mol. The van der Waals surface area contributed by atoms with Crippen molar-refractivity contribution in [1.29, 1.82) is 0 Å². The molecular weight excluding hydrogens is 370 g/mol. The topological polar surface area (TPSA) is 84.1 Å². The molecule has 6 nitrogen and oxygen atoms in total. The standard InChI is InChI=1S/C18H19N3O3S2/c1-24-8-7-19-16(22)11-25-10-15-20-17(23)13-9-14(26-18(13)21-15)12-5-3-2-4-6-12/h2-6,9H,7-8,10-11H2,1H3,(H,19,22)(H,20,21,23). The second-order valence-electron chi connectivity index (χ2n) is 5.54. The molecule has 0 fully saturated rings. The molecule has 1 amide bonds. The van der Waals surface area contributed by atoms with Crippen LogP contribution < -0.4 is 10.9 Å². The molecule has 0 bridgehead atoms. The van der Waals surface area contributed by atoms with Crippen molar-refractivity contribution in [1.82, 2.24) is 15.3 Å². The van der Waals surface area contributed by atoms with E-state index in [9.17, 15) is 9.59 Å². The number of thioether (sulfide) groups is 1. The molecule has 0 aliphatic heterocycles. The number of nitrogens with one attached hydrogen (secondary N) is 2. The Labute approximate surface area is 159 Å². The molecule has 1 aromatic carbocycles. The van der Waals surface area contributed by atoms with Crippen molar-refractivity contribution in [3.8, 4) is 10.4 Å². The maximum absolute atomic E-state index is 12.3. The number of rotatable bonds is 8. The molecule has 3 aromatic rings. The zero-order valence-corrected chi connectivity index (χ0v) is 15.9. The van der Waals surface area contributed by atoms with E-state index in [1.165, 1.54) is 23.1 Å². The van der Waals surface area contributed by atoms with E-state index >= 15 is 0 Å². The van der Waals surface area contributed by atoms with Gasteiger partial charge in [0.15, 0.2) is 0 Å². The van der Waals surface area contributed by atoms with E-state index < -0.39 is 0 Å². The Morgan fingerprint density at radius 1 is 1.35 bits per heavy atom. The third kappa shape index (κ3) is 4.72. The summed E-state index contributed by atoms with van der Waals surface area (Å²) in [4.78, 5) is 33.1. The number of aromatic nitrogens is 2. The summed E-state index contributed by atoms with van der Waals surface area (Å²) in [6.07, 6.45) is 0. The summed E-state index contributed by atoms with van der Waals surface area (Å²) in [5.41, 5.74) is 0.923. The fourth-order valence-corrected chi connectivity index (χ4v) is 4.15. The van der Waals surface area contributed by atoms with E-state index in [0.717, 1.165) is 10.4 Å². The largest absolute Gasteiger partial charge is 0.383 e. The van der Waals surface area contributed by atoms with Crippen molar-refractivity contribution in [2.75, 3.05) is 26.0 Å². The van der Waals surface area contributed by atoms with Gasteiger partial charge < -0.3 is 15.0 Å². The minimum absolute atomic E-state index is 0.0574. The molecule has 0 spiro atoms. The van der Waals surface area contributed by atoms with Gasteiger partial charge in [0.05, 0.1) is 23.5 Å². The highest BCUT2D eigenvalue weighted by atomic mass is 32.2. The maximum Gasteiger partial charge on any atom is 0.259 e. The molecule has 2 heterocycles. The number of H-pyrrole nitrogens is 1. The van der Waals surface area contributed by atoms with Crippen LogP contribution in [-0.2, 0) is 15.3 Å². The van der Waals surface area contributed by atoms with Gasteiger partial charge >= 0.3 is 0 Å². The van der Waals surface area contributed by atoms with Crippen LogP contribution in [0.5, 0.6) is 0 Å². The Morgan fingerprint density at radius 2 is 2.15 bits per heavy atom. The lowest BCUT2D eigenvalue weighted by Crippen LogP contribution is -2.28. The van der Waals surface area contributed by atoms with Gasteiger partial charge in [-0.2, -0.15) is 0 Å². The average Bonchev–Trinajstić information content (AvgIpc) is 3.07. The van der Waals surface area contributed by atoms with Gasteiger partial charge in [-0.1, -0.05) is 30.3 Å². The third-order valence-corrected chi connectivity index (χ3v) is 5.63. The SMILES string of the molecule is COCCNC(=O)CSCc1nc2sc(-c3ccccc3)cc2c(=O)[nH]1. The van der Waals surface area contributed by atoms with Gasteiger partial charge in [-0.25, -0.2) is 4.98 Å². The van der Waals surface area contributed by atoms with E-state index in [1.54, 1.807) is 7.11 Å². The molecule has 0 aliphatic rings. The molecule has 8 heteroatoms. The lowest BCUT2D eigenvalue weighted by Gasteiger charge is -2.04. The van der Waals surface area contributed by atoms with Crippen LogP contribution in [0, 0.1) is 0 Å². The molecule has 0 saturated heterocycles. The van der Waals surface area contributed by atoms with Crippen LogP contribution in [0.4, 0.5) is 0 Å². The van der Waals surface area contributed by atoms with Crippen molar-refractivity contribution in [2.45, 2.75) is 5.75 Å². The number of carbonyl (C=O) groups excluding carboxylic acids is 1. The van der Waals surface area contributed by atoms with Crippen molar-refractivity contribution < 1.29 is 9.53 Å². The number of carbonyl (C=O) groups is 1. The van der Waals surface area contributed by atoms with Crippen LogP contribution in [-0.4, -0.2) is 41.9 Å². The predicted octanol–water partition coefficient (Wildman–Crippen LogP) is 2.65. The number of benzene rings is 1. The summed E-state index contributed by atoms with van der Waals surface area (Å²) in [5.74, 6) is 1.31. The average molecular weight is 390 g/mol. The number of ether oxygens (including phenoxy) is 1. The van der Waals surface area contributed by atoms with Crippen LogP contribution in [0.1, 0.15) is 5.82 Å². The number of methoxy groups -OCH3 is 1. The van der Waals surface area contributed by atoms with Crippen LogP contribution >= 0.6 is 23.1 Å². The van der Waals surface area contributed by atoms with Gasteiger partial charge in [-0.05, 0) is 11.6 Å². The van der Waals surface area contributed by atoms with Crippen molar-refractivity contribution in [3.63, 3.8) is 0 Å². The van der Waals surface area contributed by atoms with Crippen molar-refractivity contribution >= 4 is 39.2 Å². The molecule has 0 unspecified atom stereocenters. The molecule has 0 radical (unpaired) electrons. The Bertz CT molecular complexity index is 938. The van der Waals surface area contributed by atoms with Gasteiger partial charge in [0.2, 0.25) is 5.91 Å². The predicted molar refractivity (Wildman–Crippen MR) is 107 cm³/mol.